The first kappa shape index (κ1) is 23.1. The molecule has 2 rings (SSSR count). The molecule has 160 valence electrons. The molecule has 0 saturated carbocycles. The highest BCUT2D eigenvalue weighted by Crippen LogP contribution is 2.31. The van der Waals surface area contributed by atoms with Crippen LogP contribution in [0.2, 0.25) is 0 Å². The quantitative estimate of drug-likeness (QED) is 0.366. The molecule has 9 nitrogen and oxygen atoms in total. The second-order valence-corrected chi connectivity index (χ2v) is 9.58. The molecule has 11 heteroatoms. The van der Waals surface area contributed by atoms with Gasteiger partial charge in [0.2, 0.25) is 10.0 Å². The van der Waals surface area contributed by atoms with Crippen LogP contribution in [0.3, 0.4) is 0 Å². The standard InChI is InChI=1S/C18H24ClN3O6S/c1-6-20(7-2)29(26,27)12-8-9-14(15(10-12)22(24)25)21-17(23)13(11-19)16(28-21)18(3,4)5/h8-10H,6-7,11H2,1-5H3. The number of alkyl halides is 1. The van der Waals surface area contributed by atoms with Crippen molar-refractivity contribution in [3.05, 3.63) is 50.0 Å². The average molecular weight is 446 g/mol. The molecule has 0 atom stereocenters. The van der Waals surface area contributed by atoms with Gasteiger partial charge in [0, 0.05) is 24.6 Å². The van der Waals surface area contributed by atoms with E-state index in [1.165, 1.54) is 16.4 Å². The molecule has 0 N–H and O–H groups in total. The van der Waals surface area contributed by atoms with Gasteiger partial charge in [-0.1, -0.05) is 34.6 Å². The van der Waals surface area contributed by atoms with E-state index in [-0.39, 0.29) is 35.1 Å². The van der Waals surface area contributed by atoms with Crippen LogP contribution in [0.4, 0.5) is 5.69 Å². The van der Waals surface area contributed by atoms with E-state index in [1.807, 2.05) is 20.8 Å². The first-order valence-corrected chi connectivity index (χ1v) is 11.0. The molecule has 0 amide bonds. The van der Waals surface area contributed by atoms with Gasteiger partial charge in [-0.25, -0.2) is 8.42 Å². The van der Waals surface area contributed by atoms with Crippen LogP contribution in [0.1, 0.15) is 45.9 Å². The van der Waals surface area contributed by atoms with E-state index in [4.69, 9.17) is 16.1 Å². The monoisotopic (exact) mass is 445 g/mol. The predicted octanol–water partition coefficient (Wildman–Crippen LogP) is 3.41. The molecular weight excluding hydrogens is 422 g/mol. The van der Waals surface area contributed by atoms with Gasteiger partial charge in [0.05, 0.1) is 21.3 Å². The fourth-order valence-electron chi connectivity index (χ4n) is 2.97. The highest BCUT2D eigenvalue weighted by Gasteiger charge is 2.31. The average Bonchev–Trinajstić information content (AvgIpc) is 2.98. The summed E-state index contributed by atoms with van der Waals surface area (Å²) in [5.41, 5.74) is -1.70. The molecule has 1 heterocycles. The SMILES string of the molecule is CCN(CC)S(=O)(=O)c1ccc(-n2oc(C(C)(C)C)c(CCl)c2=O)c([N+](=O)[O-])c1. The number of nitro groups is 1. The van der Waals surface area contributed by atoms with E-state index in [0.29, 0.717) is 5.76 Å². The molecule has 0 aliphatic rings. The molecular formula is C18H24ClN3O6S. The third-order valence-electron chi connectivity index (χ3n) is 4.42. The van der Waals surface area contributed by atoms with Crippen LogP contribution < -0.4 is 5.56 Å². The van der Waals surface area contributed by atoms with Crippen LogP contribution in [0.5, 0.6) is 0 Å². The highest BCUT2D eigenvalue weighted by molar-refractivity contribution is 7.89. The minimum absolute atomic E-state index is 0.121. The molecule has 0 radical (unpaired) electrons. The number of hydrogen-bond donors (Lipinski definition) is 0. The Bertz CT molecular complexity index is 1080. The summed E-state index contributed by atoms with van der Waals surface area (Å²) in [5, 5.41) is 11.7. The van der Waals surface area contributed by atoms with Gasteiger partial charge < -0.3 is 4.52 Å². The van der Waals surface area contributed by atoms with Crippen molar-refractivity contribution in [1.82, 2.24) is 9.05 Å². The molecule has 0 aliphatic carbocycles. The van der Waals surface area contributed by atoms with Crippen molar-refractivity contribution in [3.63, 3.8) is 0 Å². The van der Waals surface area contributed by atoms with E-state index < -0.39 is 31.6 Å². The maximum atomic E-state index is 12.8. The number of halogens is 1. The molecule has 0 aliphatic heterocycles. The van der Waals surface area contributed by atoms with Crippen molar-refractivity contribution in [2.45, 2.75) is 50.8 Å². The van der Waals surface area contributed by atoms with Crippen LogP contribution >= 0.6 is 11.6 Å². The van der Waals surface area contributed by atoms with Crippen molar-refractivity contribution >= 4 is 27.3 Å². The largest absolute Gasteiger partial charge is 0.375 e. The maximum Gasteiger partial charge on any atom is 0.297 e. The van der Waals surface area contributed by atoms with Gasteiger partial charge >= 0.3 is 0 Å². The van der Waals surface area contributed by atoms with Crippen molar-refractivity contribution in [2.24, 2.45) is 0 Å². The van der Waals surface area contributed by atoms with Gasteiger partial charge in [-0.3, -0.25) is 14.9 Å². The van der Waals surface area contributed by atoms with Gasteiger partial charge in [0.1, 0.15) is 5.76 Å². The van der Waals surface area contributed by atoms with Crippen LogP contribution in [0.25, 0.3) is 5.69 Å². The van der Waals surface area contributed by atoms with Crippen LogP contribution in [-0.2, 0) is 21.3 Å². The third kappa shape index (κ3) is 4.24. The summed E-state index contributed by atoms with van der Waals surface area (Å²) < 4.78 is 33.1. The highest BCUT2D eigenvalue weighted by atomic mass is 35.5. The van der Waals surface area contributed by atoms with Crippen molar-refractivity contribution < 1.29 is 17.9 Å². The van der Waals surface area contributed by atoms with E-state index in [9.17, 15) is 23.3 Å². The van der Waals surface area contributed by atoms with Gasteiger partial charge in [-0.15, -0.1) is 16.3 Å². The lowest BCUT2D eigenvalue weighted by atomic mass is 9.91. The Hall–Kier alpha value is -2.17. The first-order chi connectivity index (χ1) is 13.4. The zero-order valence-corrected chi connectivity index (χ0v) is 18.5. The minimum atomic E-state index is -3.91. The minimum Gasteiger partial charge on any atom is -0.375 e. The summed E-state index contributed by atoms with van der Waals surface area (Å²) in [4.78, 5) is 23.4. The Balaban J connectivity index is 2.76. The zero-order chi connectivity index (χ0) is 22.1. The summed E-state index contributed by atoms with van der Waals surface area (Å²) in [7, 11) is -3.91. The Morgan fingerprint density at radius 3 is 2.24 bits per heavy atom. The Morgan fingerprint density at radius 1 is 1.24 bits per heavy atom. The fourth-order valence-corrected chi connectivity index (χ4v) is 4.68. The van der Waals surface area contributed by atoms with Crippen LogP contribution in [0.15, 0.2) is 32.4 Å². The van der Waals surface area contributed by atoms with Crippen LogP contribution in [0, 0.1) is 10.1 Å². The lowest BCUT2D eigenvalue weighted by Gasteiger charge is -2.18. The number of benzene rings is 1. The van der Waals surface area contributed by atoms with E-state index in [0.717, 1.165) is 10.8 Å². The number of sulfonamides is 1. The van der Waals surface area contributed by atoms with Crippen molar-refractivity contribution in [2.75, 3.05) is 13.1 Å². The fraction of sp³-hybridized carbons (Fsp3) is 0.500. The molecule has 29 heavy (non-hydrogen) atoms. The van der Waals surface area contributed by atoms with E-state index in [1.54, 1.807) is 13.8 Å². The van der Waals surface area contributed by atoms with Crippen molar-refractivity contribution in [3.8, 4) is 5.69 Å². The van der Waals surface area contributed by atoms with Crippen LogP contribution in [-0.4, -0.2) is 35.5 Å². The molecule has 1 aromatic heterocycles. The zero-order valence-electron chi connectivity index (χ0n) is 16.9. The third-order valence-corrected chi connectivity index (χ3v) is 6.73. The summed E-state index contributed by atoms with van der Waals surface area (Å²) in [6.45, 7) is 9.25. The van der Waals surface area contributed by atoms with E-state index >= 15 is 0 Å². The van der Waals surface area contributed by atoms with Gasteiger partial charge in [0.25, 0.3) is 11.2 Å². The smallest absolute Gasteiger partial charge is 0.297 e. The Kier molecular flexibility index (Phi) is 6.61. The second-order valence-electron chi connectivity index (χ2n) is 7.38. The molecule has 0 unspecified atom stereocenters. The number of aromatic nitrogens is 1. The summed E-state index contributed by atoms with van der Waals surface area (Å²) in [6.07, 6.45) is 0. The van der Waals surface area contributed by atoms with E-state index in [2.05, 4.69) is 0 Å². The summed E-state index contributed by atoms with van der Waals surface area (Å²) in [5.74, 6) is 0.191. The number of rotatable bonds is 7. The maximum absolute atomic E-state index is 12.8. The Morgan fingerprint density at radius 2 is 1.83 bits per heavy atom. The topological polar surface area (TPSA) is 116 Å². The summed E-state index contributed by atoms with van der Waals surface area (Å²) >= 11 is 5.91. The van der Waals surface area contributed by atoms with Gasteiger partial charge in [0.15, 0.2) is 5.69 Å². The first-order valence-electron chi connectivity index (χ1n) is 9.00. The lowest BCUT2D eigenvalue weighted by molar-refractivity contribution is -0.385. The normalized spacial score (nSPS) is 12.5. The van der Waals surface area contributed by atoms with Crippen molar-refractivity contribution in [1.29, 1.82) is 0 Å². The molecule has 0 fully saturated rings. The molecule has 0 spiro atoms. The molecule has 2 aromatic rings. The number of hydrogen-bond acceptors (Lipinski definition) is 6. The number of nitrogens with zero attached hydrogens (tertiary/aromatic N) is 3. The predicted molar refractivity (Wildman–Crippen MR) is 109 cm³/mol. The second kappa shape index (κ2) is 8.29. The van der Waals surface area contributed by atoms with Gasteiger partial charge in [-0.05, 0) is 12.1 Å². The molecule has 0 saturated heterocycles. The summed E-state index contributed by atoms with van der Waals surface area (Å²) in [6, 6.07) is 3.36. The van der Waals surface area contributed by atoms with Gasteiger partial charge in [-0.2, -0.15) is 4.31 Å². The lowest BCUT2D eigenvalue weighted by Crippen LogP contribution is -2.30. The molecule has 1 aromatic carbocycles. The Labute approximate surface area is 174 Å². The molecule has 0 bridgehead atoms. The number of nitro benzene ring substituents is 1.